The standard InChI is InChI=1S/C8H13NO2/c1-10-8(7-9)3-2-5-11-6-4-8/h2-6H2,1H3. The number of nitrogens with zero attached hydrogens (tertiary/aromatic N) is 1. The van der Waals surface area contributed by atoms with Crippen molar-refractivity contribution in [1.82, 2.24) is 0 Å². The summed E-state index contributed by atoms with van der Waals surface area (Å²) in [5.74, 6) is 0. The van der Waals surface area contributed by atoms with Crippen molar-refractivity contribution >= 4 is 0 Å². The first-order valence-electron chi connectivity index (χ1n) is 3.87. The highest BCUT2D eigenvalue weighted by atomic mass is 16.5. The molecule has 0 aromatic carbocycles. The zero-order chi connectivity index (χ0) is 8.16. The molecule has 1 saturated heterocycles. The van der Waals surface area contributed by atoms with Crippen LogP contribution in [0.3, 0.4) is 0 Å². The summed E-state index contributed by atoms with van der Waals surface area (Å²) in [4.78, 5) is 0. The third-order valence-electron chi connectivity index (χ3n) is 2.11. The van der Waals surface area contributed by atoms with Crippen LogP contribution in [0.2, 0.25) is 0 Å². The number of rotatable bonds is 1. The van der Waals surface area contributed by atoms with Gasteiger partial charge in [-0.2, -0.15) is 5.26 Å². The molecule has 0 N–H and O–H groups in total. The van der Waals surface area contributed by atoms with Crippen molar-refractivity contribution in [1.29, 1.82) is 5.26 Å². The average Bonchev–Trinajstić information content (AvgIpc) is 2.30. The Hall–Kier alpha value is -0.590. The van der Waals surface area contributed by atoms with Crippen LogP contribution < -0.4 is 0 Å². The van der Waals surface area contributed by atoms with Crippen molar-refractivity contribution in [2.24, 2.45) is 0 Å². The fourth-order valence-electron chi connectivity index (χ4n) is 1.29. The largest absolute Gasteiger partial charge is 0.381 e. The molecule has 1 aliphatic rings. The molecule has 0 aliphatic carbocycles. The van der Waals surface area contributed by atoms with Gasteiger partial charge in [0, 0.05) is 20.1 Å². The van der Waals surface area contributed by atoms with Crippen LogP contribution in [-0.2, 0) is 9.47 Å². The lowest BCUT2D eigenvalue weighted by atomic mass is 9.97. The molecule has 0 saturated carbocycles. The number of methoxy groups -OCH3 is 1. The van der Waals surface area contributed by atoms with Crippen LogP contribution in [0.5, 0.6) is 0 Å². The van der Waals surface area contributed by atoms with Crippen LogP contribution in [-0.4, -0.2) is 25.9 Å². The van der Waals surface area contributed by atoms with Gasteiger partial charge in [-0.05, 0) is 12.8 Å². The van der Waals surface area contributed by atoms with Gasteiger partial charge in [-0.25, -0.2) is 0 Å². The van der Waals surface area contributed by atoms with Crippen molar-refractivity contribution in [3.63, 3.8) is 0 Å². The molecule has 1 heterocycles. The van der Waals surface area contributed by atoms with E-state index >= 15 is 0 Å². The normalized spacial score (nSPS) is 32.4. The molecule has 0 aromatic rings. The van der Waals surface area contributed by atoms with Crippen LogP contribution in [0.25, 0.3) is 0 Å². The highest BCUT2D eigenvalue weighted by Gasteiger charge is 2.30. The molecule has 1 unspecified atom stereocenters. The Morgan fingerprint density at radius 1 is 1.45 bits per heavy atom. The summed E-state index contributed by atoms with van der Waals surface area (Å²) in [6.45, 7) is 1.40. The van der Waals surface area contributed by atoms with E-state index in [-0.39, 0.29) is 0 Å². The minimum Gasteiger partial charge on any atom is -0.381 e. The minimum atomic E-state index is -0.573. The molecule has 1 fully saturated rings. The minimum absolute atomic E-state index is 0.573. The molecule has 62 valence electrons. The SMILES string of the molecule is COC1(C#N)CCCOCC1. The van der Waals surface area contributed by atoms with E-state index < -0.39 is 5.60 Å². The summed E-state index contributed by atoms with van der Waals surface area (Å²) in [5, 5.41) is 8.84. The maximum absolute atomic E-state index is 8.84. The first-order chi connectivity index (χ1) is 5.33. The fourth-order valence-corrected chi connectivity index (χ4v) is 1.29. The molecule has 3 nitrogen and oxygen atoms in total. The monoisotopic (exact) mass is 155 g/mol. The zero-order valence-electron chi connectivity index (χ0n) is 6.80. The molecule has 0 aromatic heterocycles. The maximum Gasteiger partial charge on any atom is 0.156 e. The third-order valence-corrected chi connectivity index (χ3v) is 2.11. The van der Waals surface area contributed by atoms with E-state index in [2.05, 4.69) is 6.07 Å². The van der Waals surface area contributed by atoms with Crippen molar-refractivity contribution in [3.05, 3.63) is 0 Å². The Kier molecular flexibility index (Phi) is 2.86. The predicted octanol–water partition coefficient (Wildman–Crippen LogP) is 1.10. The zero-order valence-corrected chi connectivity index (χ0v) is 6.80. The molecule has 1 atom stereocenters. The molecule has 0 bridgehead atoms. The first-order valence-corrected chi connectivity index (χ1v) is 3.87. The van der Waals surface area contributed by atoms with Crippen LogP contribution in [0.1, 0.15) is 19.3 Å². The highest BCUT2D eigenvalue weighted by molar-refractivity contribution is 5.02. The average molecular weight is 155 g/mol. The molecule has 0 amide bonds. The van der Waals surface area contributed by atoms with Gasteiger partial charge in [0.1, 0.15) is 0 Å². The second-order valence-electron chi connectivity index (χ2n) is 2.78. The number of hydrogen-bond donors (Lipinski definition) is 0. The molecule has 11 heavy (non-hydrogen) atoms. The lowest BCUT2D eigenvalue weighted by molar-refractivity contribution is 0.0209. The second-order valence-corrected chi connectivity index (χ2v) is 2.78. The fraction of sp³-hybridized carbons (Fsp3) is 0.875. The third kappa shape index (κ3) is 1.92. The molecule has 1 aliphatic heterocycles. The van der Waals surface area contributed by atoms with E-state index in [0.717, 1.165) is 19.4 Å². The van der Waals surface area contributed by atoms with E-state index in [1.807, 2.05) is 0 Å². The van der Waals surface area contributed by atoms with Gasteiger partial charge in [-0.3, -0.25) is 0 Å². The van der Waals surface area contributed by atoms with Gasteiger partial charge < -0.3 is 9.47 Å². The van der Waals surface area contributed by atoms with Crippen molar-refractivity contribution in [2.45, 2.75) is 24.9 Å². The van der Waals surface area contributed by atoms with E-state index in [4.69, 9.17) is 14.7 Å². The Balaban J connectivity index is 2.58. The Morgan fingerprint density at radius 2 is 2.27 bits per heavy atom. The molecular weight excluding hydrogens is 142 g/mol. The first kappa shape index (κ1) is 8.51. The molecular formula is C8H13NO2. The Labute approximate surface area is 66.9 Å². The van der Waals surface area contributed by atoms with Gasteiger partial charge in [-0.1, -0.05) is 0 Å². The summed E-state index contributed by atoms with van der Waals surface area (Å²) in [6, 6.07) is 2.20. The summed E-state index contributed by atoms with van der Waals surface area (Å²) in [6.07, 6.45) is 2.40. The van der Waals surface area contributed by atoms with Gasteiger partial charge in [0.05, 0.1) is 12.7 Å². The van der Waals surface area contributed by atoms with Crippen molar-refractivity contribution in [3.8, 4) is 6.07 Å². The summed E-state index contributed by atoms with van der Waals surface area (Å²) in [7, 11) is 1.59. The quantitative estimate of drug-likeness (QED) is 0.569. The van der Waals surface area contributed by atoms with Crippen molar-refractivity contribution in [2.75, 3.05) is 20.3 Å². The van der Waals surface area contributed by atoms with Gasteiger partial charge >= 0.3 is 0 Å². The predicted molar refractivity (Wildman–Crippen MR) is 40.0 cm³/mol. The summed E-state index contributed by atoms with van der Waals surface area (Å²) >= 11 is 0. The Morgan fingerprint density at radius 3 is 2.91 bits per heavy atom. The van der Waals surface area contributed by atoms with Gasteiger partial charge in [0.25, 0.3) is 0 Å². The van der Waals surface area contributed by atoms with E-state index in [1.165, 1.54) is 0 Å². The number of hydrogen-bond acceptors (Lipinski definition) is 3. The lowest BCUT2D eigenvalue weighted by Crippen LogP contribution is -2.29. The van der Waals surface area contributed by atoms with Crippen LogP contribution in [0.4, 0.5) is 0 Å². The molecule has 0 spiro atoms. The number of nitriles is 1. The van der Waals surface area contributed by atoms with E-state index in [9.17, 15) is 0 Å². The number of ether oxygens (including phenoxy) is 2. The molecule has 0 radical (unpaired) electrons. The van der Waals surface area contributed by atoms with E-state index in [0.29, 0.717) is 13.0 Å². The second kappa shape index (κ2) is 3.70. The molecule has 3 heteroatoms. The molecule has 1 rings (SSSR count). The summed E-state index contributed by atoms with van der Waals surface area (Å²) < 4.78 is 10.4. The van der Waals surface area contributed by atoms with Crippen molar-refractivity contribution < 1.29 is 9.47 Å². The maximum atomic E-state index is 8.84. The Bertz CT molecular complexity index is 154. The van der Waals surface area contributed by atoms with Gasteiger partial charge in [-0.15, -0.1) is 0 Å². The van der Waals surface area contributed by atoms with E-state index in [1.54, 1.807) is 7.11 Å². The lowest BCUT2D eigenvalue weighted by Gasteiger charge is -2.21. The topological polar surface area (TPSA) is 42.2 Å². The van der Waals surface area contributed by atoms with Crippen LogP contribution >= 0.6 is 0 Å². The highest BCUT2D eigenvalue weighted by Crippen LogP contribution is 2.23. The van der Waals surface area contributed by atoms with Crippen LogP contribution in [0, 0.1) is 11.3 Å². The van der Waals surface area contributed by atoms with Crippen LogP contribution in [0.15, 0.2) is 0 Å². The van der Waals surface area contributed by atoms with Gasteiger partial charge in [0.2, 0.25) is 0 Å². The van der Waals surface area contributed by atoms with Gasteiger partial charge in [0.15, 0.2) is 5.60 Å². The smallest absolute Gasteiger partial charge is 0.156 e. The summed E-state index contributed by atoms with van der Waals surface area (Å²) in [5.41, 5.74) is -0.573.